The molecule has 6 rings (SSSR count). The summed E-state index contributed by atoms with van der Waals surface area (Å²) >= 11 is 6.36. The van der Waals surface area contributed by atoms with E-state index in [1.54, 1.807) is 30.3 Å². The minimum Gasteiger partial charge on any atom is -0.436 e. The van der Waals surface area contributed by atoms with E-state index in [0.717, 1.165) is 48.7 Å². The van der Waals surface area contributed by atoms with Gasteiger partial charge in [-0.15, -0.1) is 0 Å². The van der Waals surface area contributed by atoms with Crippen molar-refractivity contribution < 1.29 is 14.1 Å². The van der Waals surface area contributed by atoms with Crippen molar-refractivity contribution in [3.8, 4) is 11.5 Å². The van der Waals surface area contributed by atoms with Crippen molar-refractivity contribution in [2.45, 2.75) is 19.3 Å². The Morgan fingerprint density at radius 1 is 0.974 bits per heavy atom. The van der Waals surface area contributed by atoms with Crippen LogP contribution < -0.4 is 10.2 Å². The summed E-state index contributed by atoms with van der Waals surface area (Å²) in [4.78, 5) is 31.0. The van der Waals surface area contributed by atoms with Gasteiger partial charge in [-0.25, -0.2) is 4.98 Å². The average molecular weight is 527 g/mol. The van der Waals surface area contributed by atoms with Gasteiger partial charge in [-0.1, -0.05) is 35.9 Å². The molecule has 0 aliphatic carbocycles. The van der Waals surface area contributed by atoms with E-state index in [0.29, 0.717) is 33.4 Å². The number of anilines is 2. The number of nitro benzene ring substituents is 1. The first-order chi connectivity index (χ1) is 18.5. The Kier molecular flexibility index (Phi) is 6.17. The van der Waals surface area contributed by atoms with Gasteiger partial charge in [-0.05, 0) is 67.1 Å². The number of hydrogen-bond acceptors (Lipinski definition) is 6. The summed E-state index contributed by atoms with van der Waals surface area (Å²) in [6.07, 6.45) is 3.12. The van der Waals surface area contributed by atoms with Crippen molar-refractivity contribution in [3.63, 3.8) is 0 Å². The van der Waals surface area contributed by atoms with Crippen LogP contribution in [0.3, 0.4) is 0 Å². The number of hydrogen-bond donors (Lipinski definition) is 1. The summed E-state index contributed by atoms with van der Waals surface area (Å²) in [6, 6.07) is 21.3. The first-order valence-electron chi connectivity index (χ1n) is 12.4. The van der Waals surface area contributed by atoms with Gasteiger partial charge in [-0.3, -0.25) is 14.9 Å². The number of benzene rings is 4. The third-order valence-electron chi connectivity index (χ3n) is 6.88. The number of carbonyl (C=O) groups excluding carboxylic acids is 1. The summed E-state index contributed by atoms with van der Waals surface area (Å²) in [6.45, 7) is 1.55. The number of fused-ring (bicyclic) bond motifs is 2. The summed E-state index contributed by atoms with van der Waals surface area (Å²) in [5, 5.41) is 17.1. The number of nitrogens with one attached hydrogen (secondary N) is 1. The maximum atomic E-state index is 13.0. The number of rotatable bonds is 5. The molecule has 0 unspecified atom stereocenters. The van der Waals surface area contributed by atoms with Crippen molar-refractivity contribution in [1.82, 2.24) is 4.98 Å². The van der Waals surface area contributed by atoms with Gasteiger partial charge in [0.15, 0.2) is 5.58 Å². The second-order valence-electron chi connectivity index (χ2n) is 9.30. The number of aromatic nitrogens is 1. The van der Waals surface area contributed by atoms with E-state index in [9.17, 15) is 14.9 Å². The Hall–Kier alpha value is -4.43. The van der Waals surface area contributed by atoms with Crippen LogP contribution in [0.25, 0.3) is 33.3 Å². The molecular weight excluding hydrogens is 504 g/mol. The van der Waals surface area contributed by atoms with Crippen LogP contribution in [-0.2, 0) is 0 Å². The van der Waals surface area contributed by atoms with Crippen LogP contribution in [0.4, 0.5) is 17.1 Å². The molecule has 0 spiro atoms. The zero-order valence-electron chi connectivity index (χ0n) is 20.3. The number of carbonyl (C=O) groups is 1. The van der Waals surface area contributed by atoms with Crippen LogP contribution in [0.1, 0.15) is 29.6 Å². The highest BCUT2D eigenvalue weighted by atomic mass is 35.5. The van der Waals surface area contributed by atoms with Gasteiger partial charge in [-0.2, -0.15) is 0 Å². The topological polar surface area (TPSA) is 102 Å². The zero-order valence-corrected chi connectivity index (χ0v) is 21.1. The average Bonchev–Trinajstić information content (AvgIpc) is 3.36. The fraction of sp³-hybridized carbons (Fsp3) is 0.172. The molecule has 0 bridgehead atoms. The van der Waals surface area contributed by atoms with Crippen molar-refractivity contribution in [3.05, 3.63) is 93.5 Å². The second-order valence-corrected chi connectivity index (χ2v) is 9.71. The maximum Gasteiger partial charge on any atom is 0.293 e. The summed E-state index contributed by atoms with van der Waals surface area (Å²) in [7, 11) is 0. The molecule has 0 radical (unpaired) electrons. The molecule has 4 aromatic carbocycles. The van der Waals surface area contributed by atoms with E-state index >= 15 is 0 Å². The molecule has 1 fully saturated rings. The molecule has 1 saturated heterocycles. The van der Waals surface area contributed by atoms with Crippen molar-refractivity contribution >= 4 is 56.4 Å². The highest BCUT2D eigenvalue weighted by molar-refractivity contribution is 6.35. The number of nitrogens with zero attached hydrogens (tertiary/aromatic N) is 3. The van der Waals surface area contributed by atoms with Crippen LogP contribution in [0.5, 0.6) is 0 Å². The molecule has 1 aliphatic rings. The largest absolute Gasteiger partial charge is 0.436 e. The van der Waals surface area contributed by atoms with E-state index in [-0.39, 0.29) is 11.3 Å². The number of amides is 1. The smallest absolute Gasteiger partial charge is 0.293 e. The van der Waals surface area contributed by atoms with Crippen LogP contribution in [0.2, 0.25) is 5.02 Å². The molecule has 5 aromatic rings. The molecule has 1 N–H and O–H groups in total. The Morgan fingerprint density at radius 3 is 2.58 bits per heavy atom. The number of piperidine rings is 1. The van der Waals surface area contributed by atoms with Crippen molar-refractivity contribution in [2.24, 2.45) is 0 Å². The maximum absolute atomic E-state index is 13.0. The fourth-order valence-corrected chi connectivity index (χ4v) is 5.23. The molecule has 1 amide bonds. The van der Waals surface area contributed by atoms with Crippen LogP contribution in [0, 0.1) is 10.1 Å². The van der Waals surface area contributed by atoms with Crippen molar-refractivity contribution in [2.75, 3.05) is 23.3 Å². The normalized spacial score (nSPS) is 13.7. The molecule has 8 nitrogen and oxygen atoms in total. The van der Waals surface area contributed by atoms with Gasteiger partial charge < -0.3 is 14.6 Å². The van der Waals surface area contributed by atoms with Crippen molar-refractivity contribution in [1.29, 1.82) is 0 Å². The minimum absolute atomic E-state index is 0.0636. The number of halogens is 1. The SMILES string of the molecule is O=C(Nc1ccc2oc(-c3cccc4c(Cl)cccc34)nc2c1)c1ccc(N2CCCCC2)c([N+](=O)[O-])c1. The molecule has 2 heterocycles. The lowest BCUT2D eigenvalue weighted by Crippen LogP contribution is -2.30. The van der Waals surface area contributed by atoms with Crippen LogP contribution >= 0.6 is 11.6 Å². The number of oxazole rings is 1. The summed E-state index contributed by atoms with van der Waals surface area (Å²) < 4.78 is 6.01. The Labute approximate surface area is 223 Å². The van der Waals surface area contributed by atoms with Gasteiger partial charge in [0.2, 0.25) is 5.89 Å². The molecule has 1 aliphatic heterocycles. The third kappa shape index (κ3) is 4.43. The first kappa shape index (κ1) is 23.9. The van der Waals surface area contributed by atoms with Gasteiger partial charge in [0.25, 0.3) is 11.6 Å². The molecule has 0 saturated carbocycles. The predicted octanol–water partition coefficient (Wildman–Crippen LogP) is 7.45. The predicted molar refractivity (Wildman–Crippen MR) is 149 cm³/mol. The fourth-order valence-electron chi connectivity index (χ4n) is 4.99. The van der Waals surface area contributed by atoms with Gasteiger partial charge in [0.05, 0.1) is 4.92 Å². The third-order valence-corrected chi connectivity index (χ3v) is 7.21. The second kappa shape index (κ2) is 9.79. The van der Waals surface area contributed by atoms with Crippen LogP contribution in [-0.4, -0.2) is 28.9 Å². The minimum atomic E-state index is -0.440. The van der Waals surface area contributed by atoms with E-state index in [2.05, 4.69) is 10.3 Å². The van der Waals surface area contributed by atoms with Gasteiger partial charge in [0, 0.05) is 46.4 Å². The quantitative estimate of drug-likeness (QED) is 0.188. The highest BCUT2D eigenvalue weighted by Crippen LogP contribution is 2.35. The monoisotopic (exact) mass is 526 g/mol. The Morgan fingerprint density at radius 2 is 1.76 bits per heavy atom. The van der Waals surface area contributed by atoms with Gasteiger partial charge in [0.1, 0.15) is 11.2 Å². The lowest BCUT2D eigenvalue weighted by molar-refractivity contribution is -0.384. The van der Waals surface area contributed by atoms with Gasteiger partial charge >= 0.3 is 0 Å². The molecule has 0 atom stereocenters. The van der Waals surface area contributed by atoms with Crippen LogP contribution in [0.15, 0.2) is 77.2 Å². The summed E-state index contributed by atoms with van der Waals surface area (Å²) in [5.41, 5.74) is 3.16. The van der Waals surface area contributed by atoms with E-state index in [1.165, 1.54) is 6.07 Å². The highest BCUT2D eigenvalue weighted by Gasteiger charge is 2.23. The number of nitro groups is 1. The molecular formula is C29H23ClN4O4. The standard InChI is InChI=1S/C29H23ClN4O4/c30-23-9-5-6-20-21(23)7-4-8-22(20)29-32-24-17-19(11-13-27(24)38-29)31-28(35)18-10-12-25(26(16-18)34(36)37)33-14-2-1-3-15-33/h4-13,16-17H,1-3,14-15H2,(H,31,35). The Balaban J connectivity index is 1.28. The lowest BCUT2D eigenvalue weighted by atomic mass is 10.0. The molecule has 190 valence electrons. The first-order valence-corrected chi connectivity index (χ1v) is 12.8. The molecule has 38 heavy (non-hydrogen) atoms. The molecule has 1 aromatic heterocycles. The van der Waals surface area contributed by atoms with E-state index < -0.39 is 10.8 Å². The Bertz CT molecular complexity index is 1710. The molecule has 9 heteroatoms. The zero-order chi connectivity index (χ0) is 26.2. The van der Waals surface area contributed by atoms with E-state index in [1.807, 2.05) is 41.3 Å². The van der Waals surface area contributed by atoms with E-state index in [4.69, 9.17) is 16.0 Å². The summed E-state index contributed by atoms with van der Waals surface area (Å²) in [5.74, 6) is 0.00493. The lowest BCUT2D eigenvalue weighted by Gasteiger charge is -2.28.